The normalized spacial score (nSPS) is 23.0. The summed E-state index contributed by atoms with van der Waals surface area (Å²) >= 11 is 0. The number of ether oxygens (including phenoxy) is 1. The van der Waals surface area contributed by atoms with Gasteiger partial charge in [0.1, 0.15) is 0 Å². The minimum atomic E-state index is -1.33. The summed E-state index contributed by atoms with van der Waals surface area (Å²) < 4.78 is 5.08. The quantitative estimate of drug-likeness (QED) is 0.703. The number of hydrogen-bond donors (Lipinski definition) is 3. The van der Waals surface area contributed by atoms with Crippen LogP contribution < -0.4 is 5.32 Å². The Balaban J connectivity index is 2.23. The van der Waals surface area contributed by atoms with Crippen molar-refractivity contribution in [1.29, 1.82) is 0 Å². The molecule has 7 nitrogen and oxygen atoms in total. The fraction of sp³-hybridized carbons (Fsp3) is 0.545. The first-order valence-corrected chi connectivity index (χ1v) is 5.61. The van der Waals surface area contributed by atoms with Crippen LogP contribution in [0.5, 0.6) is 0 Å². The Labute approximate surface area is 104 Å². The number of carboxylic acid groups (broad SMARTS) is 1. The van der Waals surface area contributed by atoms with Crippen molar-refractivity contribution in [3.63, 3.8) is 0 Å². The van der Waals surface area contributed by atoms with Gasteiger partial charge in [-0.15, -0.1) is 0 Å². The van der Waals surface area contributed by atoms with Crippen molar-refractivity contribution in [2.75, 3.05) is 13.2 Å². The largest absolute Gasteiger partial charge is 0.479 e. The summed E-state index contributed by atoms with van der Waals surface area (Å²) in [6.07, 6.45) is 0.268. The third-order valence-corrected chi connectivity index (χ3v) is 3.14. The third-order valence-electron chi connectivity index (χ3n) is 3.14. The van der Waals surface area contributed by atoms with E-state index in [1.807, 2.05) is 0 Å². The summed E-state index contributed by atoms with van der Waals surface area (Å²) in [6.45, 7) is 3.73. The monoisotopic (exact) mass is 253 g/mol. The van der Waals surface area contributed by atoms with E-state index in [-0.39, 0.29) is 13.0 Å². The highest BCUT2D eigenvalue weighted by Crippen LogP contribution is 2.20. The molecule has 1 aromatic heterocycles. The summed E-state index contributed by atoms with van der Waals surface area (Å²) in [5, 5.41) is 18.4. The average Bonchev–Trinajstić information content (AvgIpc) is 2.87. The number of carbonyl (C=O) groups is 2. The van der Waals surface area contributed by atoms with E-state index in [0.29, 0.717) is 23.6 Å². The van der Waals surface area contributed by atoms with E-state index in [0.717, 1.165) is 0 Å². The van der Waals surface area contributed by atoms with E-state index in [4.69, 9.17) is 4.74 Å². The number of aromatic amines is 1. The van der Waals surface area contributed by atoms with Crippen molar-refractivity contribution >= 4 is 11.9 Å². The summed E-state index contributed by atoms with van der Waals surface area (Å²) in [7, 11) is 0. The van der Waals surface area contributed by atoms with Gasteiger partial charge in [0.25, 0.3) is 5.91 Å². The number of amides is 1. The van der Waals surface area contributed by atoms with Crippen LogP contribution in [-0.2, 0) is 9.53 Å². The molecule has 2 rings (SSSR count). The van der Waals surface area contributed by atoms with Gasteiger partial charge in [-0.1, -0.05) is 0 Å². The zero-order chi connectivity index (χ0) is 13.3. The van der Waals surface area contributed by atoms with Crippen molar-refractivity contribution in [3.8, 4) is 0 Å². The van der Waals surface area contributed by atoms with E-state index in [9.17, 15) is 14.7 Å². The molecule has 2 heterocycles. The first kappa shape index (κ1) is 12.6. The SMILES string of the molecule is Cc1n[nH]c(C)c1C(=O)NC1(C(=O)O)CCOC1. The fourth-order valence-electron chi connectivity index (χ4n) is 2.05. The highest BCUT2D eigenvalue weighted by molar-refractivity contribution is 5.99. The predicted molar refractivity (Wildman–Crippen MR) is 61.3 cm³/mol. The molecule has 1 fully saturated rings. The number of nitrogens with one attached hydrogen (secondary N) is 2. The number of hydrogen-bond acceptors (Lipinski definition) is 4. The molecule has 1 aromatic rings. The van der Waals surface area contributed by atoms with E-state index < -0.39 is 17.4 Å². The highest BCUT2D eigenvalue weighted by Gasteiger charge is 2.44. The van der Waals surface area contributed by atoms with Crippen LogP contribution in [0, 0.1) is 13.8 Å². The molecule has 0 spiro atoms. The summed E-state index contributed by atoms with van der Waals surface area (Å²) in [6, 6.07) is 0. The van der Waals surface area contributed by atoms with Crippen LogP contribution in [0.15, 0.2) is 0 Å². The maximum absolute atomic E-state index is 12.1. The van der Waals surface area contributed by atoms with Gasteiger partial charge >= 0.3 is 5.97 Å². The van der Waals surface area contributed by atoms with Crippen molar-refractivity contribution in [3.05, 3.63) is 17.0 Å². The molecule has 98 valence electrons. The van der Waals surface area contributed by atoms with Crippen molar-refractivity contribution in [1.82, 2.24) is 15.5 Å². The van der Waals surface area contributed by atoms with E-state index in [1.165, 1.54) is 0 Å². The molecular formula is C11H15N3O4. The Morgan fingerprint density at radius 1 is 1.50 bits per heavy atom. The lowest BCUT2D eigenvalue weighted by atomic mass is 9.98. The molecule has 0 aromatic carbocycles. The Hall–Kier alpha value is -1.89. The van der Waals surface area contributed by atoms with Gasteiger partial charge in [-0.05, 0) is 13.8 Å². The fourth-order valence-corrected chi connectivity index (χ4v) is 2.05. The van der Waals surface area contributed by atoms with Crippen LogP contribution in [-0.4, -0.2) is 45.9 Å². The van der Waals surface area contributed by atoms with E-state index in [1.54, 1.807) is 13.8 Å². The lowest BCUT2D eigenvalue weighted by molar-refractivity contribution is -0.144. The zero-order valence-corrected chi connectivity index (χ0v) is 10.2. The number of carbonyl (C=O) groups excluding carboxylic acids is 1. The Bertz CT molecular complexity index is 469. The van der Waals surface area contributed by atoms with Crippen LogP contribution in [0.25, 0.3) is 0 Å². The highest BCUT2D eigenvalue weighted by atomic mass is 16.5. The van der Waals surface area contributed by atoms with Crippen LogP contribution in [0.1, 0.15) is 28.2 Å². The standard InChI is InChI=1S/C11H15N3O4/c1-6-8(7(2)14-13-6)9(15)12-11(10(16)17)3-4-18-5-11/h3-5H2,1-2H3,(H,12,15)(H,13,14)(H,16,17). The first-order valence-electron chi connectivity index (χ1n) is 5.61. The summed E-state index contributed by atoms with van der Waals surface area (Å²) in [4.78, 5) is 23.4. The topological polar surface area (TPSA) is 104 Å². The lowest BCUT2D eigenvalue weighted by Gasteiger charge is -2.23. The summed E-state index contributed by atoms with van der Waals surface area (Å²) in [5.74, 6) is -1.51. The maximum Gasteiger partial charge on any atom is 0.331 e. The van der Waals surface area contributed by atoms with Crippen molar-refractivity contribution in [2.24, 2.45) is 0 Å². The minimum absolute atomic E-state index is 0.00990. The molecule has 0 saturated carbocycles. The predicted octanol–water partition coefficient (Wildman–Crippen LogP) is 0.0000400. The molecular weight excluding hydrogens is 238 g/mol. The first-order chi connectivity index (χ1) is 8.46. The minimum Gasteiger partial charge on any atom is -0.479 e. The zero-order valence-electron chi connectivity index (χ0n) is 10.2. The Morgan fingerprint density at radius 3 is 2.67 bits per heavy atom. The second-order valence-electron chi connectivity index (χ2n) is 4.45. The Morgan fingerprint density at radius 2 is 2.22 bits per heavy atom. The molecule has 7 heteroatoms. The number of rotatable bonds is 3. The second kappa shape index (κ2) is 4.41. The molecule has 0 aliphatic carbocycles. The van der Waals surface area contributed by atoms with Gasteiger partial charge in [0, 0.05) is 18.7 Å². The molecule has 0 radical (unpaired) electrons. The van der Waals surface area contributed by atoms with Crippen molar-refractivity contribution < 1.29 is 19.4 Å². The molecule has 18 heavy (non-hydrogen) atoms. The van der Waals surface area contributed by atoms with Crippen LogP contribution in [0.3, 0.4) is 0 Å². The average molecular weight is 253 g/mol. The molecule has 1 aliphatic heterocycles. The molecule has 1 aliphatic rings. The number of carboxylic acids is 1. The number of aromatic nitrogens is 2. The van der Waals surface area contributed by atoms with Gasteiger partial charge in [0.2, 0.25) is 0 Å². The van der Waals surface area contributed by atoms with Crippen molar-refractivity contribution in [2.45, 2.75) is 25.8 Å². The molecule has 1 amide bonds. The van der Waals surface area contributed by atoms with Gasteiger partial charge < -0.3 is 15.2 Å². The molecule has 1 saturated heterocycles. The number of nitrogens with zero attached hydrogens (tertiary/aromatic N) is 1. The van der Waals surface area contributed by atoms with E-state index in [2.05, 4.69) is 15.5 Å². The lowest BCUT2D eigenvalue weighted by Crippen LogP contribution is -2.55. The molecule has 3 N–H and O–H groups in total. The number of aryl methyl sites for hydroxylation is 2. The Kier molecular flexibility index (Phi) is 3.08. The van der Waals surface area contributed by atoms with Crippen LogP contribution in [0.4, 0.5) is 0 Å². The van der Waals surface area contributed by atoms with Gasteiger partial charge in [-0.3, -0.25) is 9.89 Å². The van der Waals surface area contributed by atoms with Crippen LogP contribution >= 0.6 is 0 Å². The summed E-state index contributed by atoms with van der Waals surface area (Å²) in [5.41, 5.74) is 0.226. The van der Waals surface area contributed by atoms with Crippen LogP contribution in [0.2, 0.25) is 0 Å². The number of H-pyrrole nitrogens is 1. The maximum atomic E-state index is 12.1. The molecule has 0 bridgehead atoms. The molecule has 1 unspecified atom stereocenters. The van der Waals surface area contributed by atoms with Gasteiger partial charge in [-0.25, -0.2) is 4.79 Å². The smallest absolute Gasteiger partial charge is 0.331 e. The number of aliphatic carboxylic acids is 1. The van der Waals surface area contributed by atoms with E-state index >= 15 is 0 Å². The van der Waals surface area contributed by atoms with Gasteiger partial charge in [-0.2, -0.15) is 5.10 Å². The third kappa shape index (κ3) is 1.97. The molecule has 1 atom stereocenters. The van der Waals surface area contributed by atoms with Gasteiger partial charge in [0.15, 0.2) is 5.54 Å². The van der Waals surface area contributed by atoms with Gasteiger partial charge in [0.05, 0.1) is 17.9 Å². The second-order valence-corrected chi connectivity index (χ2v) is 4.45.